The molecule has 0 radical (unpaired) electrons. The number of ether oxygens (including phenoxy) is 4. The van der Waals surface area contributed by atoms with E-state index in [1.165, 1.54) is 109 Å². The van der Waals surface area contributed by atoms with E-state index in [-0.39, 0.29) is 19.3 Å². The monoisotopic (exact) mass is 956 g/mol. The molecule has 0 bridgehead atoms. The molecule has 1 aliphatic heterocycles. The molecule has 1 heterocycles. The maximum Gasteiger partial charge on any atom is 0.472 e. The average molecular weight is 956 g/mol. The summed E-state index contributed by atoms with van der Waals surface area (Å²) in [7, 11) is -5.27. The average Bonchev–Trinajstić information content (AvgIpc) is 3.28. The molecular weight excluding hydrogens is 865 g/mol. The van der Waals surface area contributed by atoms with Crippen LogP contribution in [0.3, 0.4) is 0 Å². The van der Waals surface area contributed by atoms with Crippen LogP contribution in [0.1, 0.15) is 200 Å². The first-order chi connectivity index (χ1) is 31.2. The minimum Gasteiger partial charge on any atom is -0.462 e. The number of hydrogen-bond donors (Lipinski definition) is 8. The zero-order valence-electron chi connectivity index (χ0n) is 39.8. The summed E-state index contributed by atoms with van der Waals surface area (Å²) in [5, 5.41) is 62.3. The predicted octanol–water partition coefficient (Wildman–Crippen LogP) is 6.54. The van der Waals surface area contributed by atoms with Crippen LogP contribution < -0.4 is 5.73 Å². The van der Waals surface area contributed by atoms with Crippen molar-refractivity contribution in [1.29, 1.82) is 0 Å². The molecule has 12 atom stereocenters. The molecule has 0 aromatic rings. The molecule has 384 valence electrons. The van der Waals surface area contributed by atoms with Gasteiger partial charge in [0.1, 0.15) is 49.3 Å². The number of esters is 2. The van der Waals surface area contributed by atoms with Crippen LogP contribution in [-0.2, 0) is 42.1 Å². The molecule has 65 heavy (non-hydrogen) atoms. The van der Waals surface area contributed by atoms with E-state index in [9.17, 15) is 49.7 Å². The third kappa shape index (κ3) is 25.8. The maximum absolute atomic E-state index is 13.4. The lowest BCUT2D eigenvalue weighted by molar-refractivity contribution is -0.302. The van der Waals surface area contributed by atoms with Gasteiger partial charge in [-0.15, -0.1) is 0 Å². The van der Waals surface area contributed by atoms with Gasteiger partial charge in [-0.05, 0) is 19.3 Å². The minimum atomic E-state index is -5.27. The molecule has 18 heteroatoms. The maximum atomic E-state index is 13.4. The minimum absolute atomic E-state index is 0.0688. The molecule has 0 spiro atoms. The largest absolute Gasteiger partial charge is 0.472 e. The van der Waals surface area contributed by atoms with E-state index in [2.05, 4.69) is 13.8 Å². The Morgan fingerprint density at radius 2 is 1.03 bits per heavy atom. The lowest BCUT2D eigenvalue weighted by Gasteiger charge is -2.46. The van der Waals surface area contributed by atoms with Crippen molar-refractivity contribution in [2.75, 3.05) is 19.8 Å². The Hall–Kier alpha value is -1.31. The number of unbranched alkanes of at least 4 members (excludes halogenated alkanes) is 24. The van der Waals surface area contributed by atoms with Crippen LogP contribution in [-0.4, -0.2) is 135 Å². The SMILES string of the molecule is CCCCCCCCCCCCCCCC(=O)OC[C@H](COP(=O)(O)O[C@@H]1[C@H](O)[C@H](O)[C@@H](O)[C@H](O)[C@H]1O[C@H]1O[C@H](CO)[C@@H](O)C[C@H]1N)OC(=O)CCCCCCCCCCCCCCC. The lowest BCUT2D eigenvalue weighted by Crippen LogP contribution is -2.66. The molecule has 1 saturated heterocycles. The van der Waals surface area contributed by atoms with Crippen LogP contribution in [0.5, 0.6) is 0 Å². The van der Waals surface area contributed by atoms with Crippen molar-refractivity contribution in [2.24, 2.45) is 5.73 Å². The molecule has 1 unspecified atom stereocenters. The van der Waals surface area contributed by atoms with Crippen molar-refractivity contribution < 1.29 is 77.7 Å². The number of aliphatic hydroxyl groups excluding tert-OH is 6. The van der Waals surface area contributed by atoms with Gasteiger partial charge in [-0.2, -0.15) is 0 Å². The molecule has 1 saturated carbocycles. The first-order valence-corrected chi connectivity index (χ1v) is 26.8. The summed E-state index contributed by atoms with van der Waals surface area (Å²) < 4.78 is 46.0. The zero-order valence-corrected chi connectivity index (χ0v) is 40.7. The third-order valence-corrected chi connectivity index (χ3v) is 13.5. The van der Waals surface area contributed by atoms with E-state index >= 15 is 0 Å². The summed E-state index contributed by atoms with van der Waals surface area (Å²) in [6.45, 7) is 2.57. The van der Waals surface area contributed by atoms with Gasteiger partial charge in [0.15, 0.2) is 12.4 Å². The first kappa shape index (κ1) is 59.8. The van der Waals surface area contributed by atoms with E-state index in [0.717, 1.165) is 44.9 Å². The van der Waals surface area contributed by atoms with Crippen LogP contribution in [0, 0.1) is 0 Å². The fourth-order valence-corrected chi connectivity index (χ4v) is 9.34. The molecule has 2 rings (SSSR count). The second kappa shape index (κ2) is 35.8. The molecule has 17 nitrogen and oxygen atoms in total. The predicted molar refractivity (Wildman–Crippen MR) is 245 cm³/mol. The molecule has 2 aliphatic rings. The van der Waals surface area contributed by atoms with E-state index in [0.29, 0.717) is 12.8 Å². The number of rotatable bonds is 39. The van der Waals surface area contributed by atoms with E-state index < -0.39 is 107 Å². The molecule has 0 amide bonds. The summed E-state index contributed by atoms with van der Waals surface area (Å²) in [6.07, 6.45) is 12.7. The van der Waals surface area contributed by atoms with Crippen LogP contribution in [0.15, 0.2) is 0 Å². The Balaban J connectivity index is 1.93. The van der Waals surface area contributed by atoms with Crippen molar-refractivity contribution in [3.05, 3.63) is 0 Å². The van der Waals surface area contributed by atoms with Crippen molar-refractivity contribution in [1.82, 2.24) is 0 Å². The van der Waals surface area contributed by atoms with Crippen LogP contribution >= 0.6 is 7.82 Å². The fraction of sp³-hybridized carbons (Fsp3) is 0.957. The Morgan fingerprint density at radius 1 is 0.615 bits per heavy atom. The number of phosphoric acid groups is 1. The standard InChI is InChI=1S/C47H90NO16P/c1-3-5-7-9-11-13-15-17-19-21-23-25-27-29-39(51)59-33-35(61-40(52)30-28-26-24-22-20-18-16-14-12-10-8-6-4-2)34-60-65(57,58)64-46-44(56)42(54)41(53)43(55)45(46)63-47-36(48)31-37(50)38(32-49)62-47/h35-38,41-47,49-50,53-56H,3-34,48H2,1-2H3,(H,57,58)/t35-,36-,37+,38-,41-,42-,43+,44-,45-,46-,47-/m1/s1. The van der Waals surface area contributed by atoms with E-state index in [4.69, 9.17) is 33.7 Å². The van der Waals surface area contributed by atoms with Crippen molar-refractivity contribution in [3.63, 3.8) is 0 Å². The lowest BCUT2D eigenvalue weighted by atomic mass is 9.84. The van der Waals surface area contributed by atoms with Crippen LogP contribution in [0.4, 0.5) is 0 Å². The number of aliphatic hydroxyl groups is 6. The summed E-state index contributed by atoms with van der Waals surface area (Å²) in [5.74, 6) is -1.14. The molecule has 0 aromatic carbocycles. The van der Waals surface area contributed by atoms with Gasteiger partial charge >= 0.3 is 19.8 Å². The second-order valence-electron chi connectivity index (χ2n) is 18.4. The van der Waals surface area contributed by atoms with E-state index in [1.54, 1.807) is 0 Å². The quantitative estimate of drug-likeness (QED) is 0.0184. The number of hydrogen-bond acceptors (Lipinski definition) is 16. The molecule has 9 N–H and O–H groups in total. The van der Waals surface area contributed by atoms with Crippen LogP contribution in [0.2, 0.25) is 0 Å². The fourth-order valence-electron chi connectivity index (χ4n) is 8.37. The van der Waals surface area contributed by atoms with Crippen molar-refractivity contribution >= 4 is 19.8 Å². The van der Waals surface area contributed by atoms with Gasteiger partial charge in [0.05, 0.1) is 25.4 Å². The second-order valence-corrected chi connectivity index (χ2v) is 19.8. The van der Waals surface area contributed by atoms with Crippen molar-refractivity contribution in [3.8, 4) is 0 Å². The van der Waals surface area contributed by atoms with E-state index in [1.807, 2.05) is 0 Å². The smallest absolute Gasteiger partial charge is 0.462 e. The molecule has 2 fully saturated rings. The van der Waals surface area contributed by atoms with Gasteiger partial charge in [0.25, 0.3) is 0 Å². The van der Waals surface area contributed by atoms with Gasteiger partial charge in [-0.1, -0.05) is 168 Å². The summed E-state index contributed by atoms with van der Waals surface area (Å²) in [4.78, 5) is 36.5. The van der Waals surface area contributed by atoms with Crippen LogP contribution in [0.25, 0.3) is 0 Å². The van der Waals surface area contributed by atoms with Gasteiger partial charge < -0.3 is 60.2 Å². The normalized spacial score (nSPS) is 27.3. The number of phosphoric ester groups is 1. The Labute approximate surface area is 389 Å². The molecular formula is C47H90NO16P. The highest BCUT2D eigenvalue weighted by atomic mass is 31.2. The zero-order chi connectivity index (χ0) is 47.9. The molecule has 0 aromatic heterocycles. The third-order valence-electron chi connectivity index (χ3n) is 12.5. The Kier molecular flexibility index (Phi) is 32.9. The van der Waals surface area contributed by atoms with Gasteiger partial charge in [-0.25, -0.2) is 4.57 Å². The molecule has 1 aliphatic carbocycles. The summed E-state index contributed by atoms with van der Waals surface area (Å²) in [6, 6.07) is -1.04. The number of carbonyl (C=O) groups excluding carboxylic acids is 2. The first-order valence-electron chi connectivity index (χ1n) is 25.3. The highest BCUT2D eigenvalue weighted by Crippen LogP contribution is 2.48. The number of nitrogens with two attached hydrogens (primary N) is 1. The summed E-state index contributed by atoms with van der Waals surface area (Å²) in [5.41, 5.74) is 6.06. The number of carbonyl (C=O) groups is 2. The highest BCUT2D eigenvalue weighted by molar-refractivity contribution is 7.47. The van der Waals surface area contributed by atoms with Gasteiger partial charge in [0.2, 0.25) is 0 Å². The highest BCUT2D eigenvalue weighted by Gasteiger charge is 2.54. The van der Waals surface area contributed by atoms with Crippen molar-refractivity contribution in [2.45, 2.75) is 267 Å². The topological polar surface area (TPSA) is 274 Å². The Morgan fingerprint density at radius 3 is 1.48 bits per heavy atom. The van der Waals surface area contributed by atoms with Gasteiger partial charge in [0, 0.05) is 12.8 Å². The summed E-state index contributed by atoms with van der Waals surface area (Å²) >= 11 is 0. The van der Waals surface area contributed by atoms with Gasteiger partial charge in [-0.3, -0.25) is 18.6 Å². The Bertz CT molecular complexity index is 1270.